The molecule has 0 rings (SSSR count). The average molecular weight is 256 g/mol. The van der Waals surface area contributed by atoms with Crippen LogP contribution in [0.3, 0.4) is 0 Å². The van der Waals surface area contributed by atoms with Crippen LogP contribution in [0.25, 0.3) is 0 Å². The van der Waals surface area contributed by atoms with Gasteiger partial charge in [0.1, 0.15) is 0 Å². The summed E-state index contributed by atoms with van der Waals surface area (Å²) in [5, 5.41) is 0. The van der Waals surface area contributed by atoms with Crippen LogP contribution in [0.2, 0.25) is 0 Å². The zero-order valence-electron chi connectivity index (χ0n) is 13.5. The Hall–Kier alpha value is -0.730. The van der Waals surface area contributed by atoms with E-state index in [0.29, 0.717) is 0 Å². The van der Waals surface area contributed by atoms with Gasteiger partial charge in [0.2, 0.25) is 0 Å². The lowest BCUT2D eigenvalue weighted by atomic mass is 10.3. The second-order valence-electron chi connectivity index (χ2n) is 5.02. The molecule has 108 valence electrons. The summed E-state index contributed by atoms with van der Waals surface area (Å²) in [6.45, 7) is 13.5. The van der Waals surface area contributed by atoms with Gasteiger partial charge in [-0.3, -0.25) is 14.4 Å². The van der Waals surface area contributed by atoms with Gasteiger partial charge in [-0.15, -0.1) is 0 Å². The predicted octanol–water partition coefficient (Wildman–Crippen LogP) is 2.86. The highest BCUT2D eigenvalue weighted by atomic mass is 15.4. The van der Waals surface area contributed by atoms with E-state index in [0.717, 1.165) is 26.2 Å². The Kier molecular flexibility index (Phi) is 9.80. The summed E-state index contributed by atoms with van der Waals surface area (Å²) in [5.74, 6) is 1.39. The van der Waals surface area contributed by atoms with Crippen LogP contribution in [0.15, 0.2) is 0 Å². The smallest absolute Gasteiger partial charge is 0.268 e. The van der Waals surface area contributed by atoms with Crippen molar-refractivity contribution in [3.63, 3.8) is 0 Å². The van der Waals surface area contributed by atoms with E-state index in [1.54, 1.807) is 0 Å². The molecule has 0 atom stereocenters. The van der Waals surface area contributed by atoms with Gasteiger partial charge in [-0.2, -0.15) is 0 Å². The highest BCUT2D eigenvalue weighted by Crippen LogP contribution is 2.01. The molecule has 0 saturated heterocycles. The minimum atomic E-state index is 1.08. The molecule has 0 aromatic rings. The van der Waals surface area contributed by atoms with Crippen molar-refractivity contribution >= 4 is 5.96 Å². The van der Waals surface area contributed by atoms with Crippen molar-refractivity contribution < 1.29 is 4.58 Å². The Balaban J connectivity index is 4.86. The minimum Gasteiger partial charge on any atom is -0.268 e. The van der Waals surface area contributed by atoms with E-state index in [4.69, 9.17) is 0 Å². The molecule has 0 fully saturated rings. The maximum Gasteiger partial charge on any atom is 0.350 e. The van der Waals surface area contributed by atoms with E-state index >= 15 is 0 Å². The van der Waals surface area contributed by atoms with Crippen LogP contribution < -0.4 is 0 Å². The zero-order chi connectivity index (χ0) is 14.0. The summed E-state index contributed by atoms with van der Waals surface area (Å²) >= 11 is 0. The lowest BCUT2D eigenvalue weighted by Crippen LogP contribution is -2.47. The van der Waals surface area contributed by atoms with Crippen molar-refractivity contribution in [1.82, 2.24) is 9.80 Å². The molecule has 0 spiro atoms. The fourth-order valence-corrected chi connectivity index (χ4v) is 2.27. The van der Waals surface area contributed by atoms with Crippen LogP contribution in [0.1, 0.15) is 53.4 Å². The number of hydrogen-bond acceptors (Lipinski definition) is 0. The van der Waals surface area contributed by atoms with Crippen LogP contribution in [-0.2, 0) is 0 Å². The van der Waals surface area contributed by atoms with E-state index in [-0.39, 0.29) is 0 Å². The van der Waals surface area contributed by atoms with E-state index < -0.39 is 0 Å². The summed E-state index contributed by atoms with van der Waals surface area (Å²) in [4.78, 5) is 4.85. The molecule has 0 saturated carbocycles. The van der Waals surface area contributed by atoms with Gasteiger partial charge in [-0.25, -0.2) is 0 Å². The number of nitrogens with zero attached hydrogens (tertiary/aromatic N) is 3. The molecule has 0 aliphatic heterocycles. The number of guanidine groups is 1. The van der Waals surface area contributed by atoms with E-state index in [1.807, 2.05) is 0 Å². The van der Waals surface area contributed by atoms with Crippen molar-refractivity contribution in [2.45, 2.75) is 53.4 Å². The van der Waals surface area contributed by atoms with Gasteiger partial charge in [0.05, 0.1) is 40.3 Å². The topological polar surface area (TPSA) is 9.49 Å². The van der Waals surface area contributed by atoms with E-state index in [9.17, 15) is 0 Å². The molecule has 0 radical (unpaired) electrons. The minimum absolute atomic E-state index is 1.08. The van der Waals surface area contributed by atoms with Gasteiger partial charge in [0, 0.05) is 0 Å². The van der Waals surface area contributed by atoms with Gasteiger partial charge in [-0.05, 0) is 26.7 Å². The molecule has 0 aliphatic rings. The maximum atomic E-state index is 2.46. The predicted molar refractivity (Wildman–Crippen MR) is 81.4 cm³/mol. The summed E-state index contributed by atoms with van der Waals surface area (Å²) in [6.07, 6.45) is 5.05. The highest BCUT2D eigenvalue weighted by Gasteiger charge is 2.22. The van der Waals surface area contributed by atoms with Gasteiger partial charge in [0.25, 0.3) is 0 Å². The molecule has 0 heterocycles. The summed E-state index contributed by atoms with van der Waals surface area (Å²) < 4.78 is 2.46. The quantitative estimate of drug-likeness (QED) is 0.375. The SMILES string of the molecule is CCCCN(C)C(N(C)CCCC)=[N+](CC)CC. The first kappa shape index (κ1) is 17.3. The van der Waals surface area contributed by atoms with Crippen molar-refractivity contribution in [3.8, 4) is 0 Å². The molecule has 18 heavy (non-hydrogen) atoms. The van der Waals surface area contributed by atoms with Crippen LogP contribution in [0.5, 0.6) is 0 Å². The van der Waals surface area contributed by atoms with Crippen LogP contribution >= 0.6 is 0 Å². The average Bonchev–Trinajstić information content (AvgIpc) is 2.39. The lowest BCUT2D eigenvalue weighted by Gasteiger charge is -2.25. The second kappa shape index (κ2) is 10.2. The van der Waals surface area contributed by atoms with Crippen molar-refractivity contribution in [2.24, 2.45) is 0 Å². The summed E-state index contributed by atoms with van der Waals surface area (Å²) in [5.41, 5.74) is 0. The first-order valence-corrected chi connectivity index (χ1v) is 7.66. The Morgan fingerprint density at radius 2 is 1.17 bits per heavy atom. The third-order valence-corrected chi connectivity index (χ3v) is 3.42. The van der Waals surface area contributed by atoms with E-state index in [2.05, 4.69) is 56.2 Å². The molecule has 3 heteroatoms. The molecule has 0 aromatic carbocycles. The fourth-order valence-electron chi connectivity index (χ4n) is 2.27. The Morgan fingerprint density at radius 3 is 1.44 bits per heavy atom. The van der Waals surface area contributed by atoms with Crippen molar-refractivity contribution in [1.29, 1.82) is 0 Å². The third-order valence-electron chi connectivity index (χ3n) is 3.42. The van der Waals surface area contributed by atoms with E-state index in [1.165, 1.54) is 31.6 Å². The molecular formula is C15H34N3+. The van der Waals surface area contributed by atoms with Crippen LogP contribution in [0.4, 0.5) is 0 Å². The lowest BCUT2D eigenvalue weighted by molar-refractivity contribution is -0.530. The van der Waals surface area contributed by atoms with Gasteiger partial charge >= 0.3 is 5.96 Å². The number of rotatable bonds is 8. The number of unbranched alkanes of at least 4 members (excludes halogenated alkanes) is 2. The largest absolute Gasteiger partial charge is 0.350 e. The summed E-state index contributed by atoms with van der Waals surface area (Å²) in [6, 6.07) is 0. The van der Waals surface area contributed by atoms with Crippen LogP contribution in [0, 0.1) is 0 Å². The highest BCUT2D eigenvalue weighted by molar-refractivity contribution is 5.74. The molecule has 0 N–H and O–H groups in total. The Bertz CT molecular complexity index is 214. The first-order chi connectivity index (χ1) is 8.62. The van der Waals surface area contributed by atoms with Crippen molar-refractivity contribution in [3.05, 3.63) is 0 Å². The second-order valence-corrected chi connectivity index (χ2v) is 5.02. The van der Waals surface area contributed by atoms with Crippen molar-refractivity contribution in [2.75, 3.05) is 40.3 Å². The summed E-state index contributed by atoms with van der Waals surface area (Å²) in [7, 11) is 4.46. The molecule has 0 bridgehead atoms. The first-order valence-electron chi connectivity index (χ1n) is 7.66. The standard InChI is InChI=1S/C15H34N3/c1-7-11-13-16(5)15(18(9-3)10-4)17(6)14-12-8-2/h7-14H2,1-6H3/q+1. The monoisotopic (exact) mass is 256 g/mol. The third kappa shape index (κ3) is 5.74. The normalized spacial score (nSPS) is 10.3. The molecular weight excluding hydrogens is 222 g/mol. The van der Waals surface area contributed by atoms with Crippen LogP contribution in [-0.4, -0.2) is 60.6 Å². The molecule has 0 aromatic heterocycles. The molecule has 0 aliphatic carbocycles. The van der Waals surface area contributed by atoms with Gasteiger partial charge in [-0.1, -0.05) is 26.7 Å². The Morgan fingerprint density at radius 1 is 0.778 bits per heavy atom. The van der Waals surface area contributed by atoms with Gasteiger partial charge < -0.3 is 0 Å². The Labute approximate surface area is 114 Å². The molecule has 3 nitrogen and oxygen atoms in total. The molecule has 0 amide bonds. The maximum absolute atomic E-state index is 2.46. The zero-order valence-corrected chi connectivity index (χ0v) is 13.5. The number of hydrogen-bond donors (Lipinski definition) is 0. The van der Waals surface area contributed by atoms with Gasteiger partial charge in [0.15, 0.2) is 0 Å². The fraction of sp³-hybridized carbons (Fsp3) is 0.933. The molecule has 0 unspecified atom stereocenters.